The number of nitrogens with one attached hydrogen (secondary N) is 1. The van der Waals surface area contributed by atoms with Gasteiger partial charge in [-0.2, -0.15) is 5.10 Å². The maximum atomic E-state index is 6.32. The average Bonchev–Trinajstić information content (AvgIpc) is 2.75. The molecule has 112 valence electrons. The zero-order valence-electron chi connectivity index (χ0n) is 12.6. The highest BCUT2D eigenvalue weighted by molar-refractivity contribution is 5.26. The summed E-state index contributed by atoms with van der Waals surface area (Å²) in [5, 5.41) is 8.06. The maximum absolute atomic E-state index is 6.32. The molecule has 0 aliphatic carbocycles. The third-order valence-electron chi connectivity index (χ3n) is 4.82. The minimum Gasteiger partial charge on any atom is -0.376 e. The molecular formula is C15H26N4O. The summed E-state index contributed by atoms with van der Waals surface area (Å²) in [6.07, 6.45) is 4.66. The Labute approximate surface area is 120 Å². The SMILES string of the molecule is Cc1nn2c(c1C)CCC(N)C2COC1CCNCC1. The van der Waals surface area contributed by atoms with Gasteiger partial charge in [0, 0.05) is 11.7 Å². The zero-order chi connectivity index (χ0) is 14.1. The fraction of sp³-hybridized carbons (Fsp3) is 0.800. The third kappa shape index (κ3) is 2.62. The van der Waals surface area contributed by atoms with Gasteiger partial charge in [-0.05, 0) is 58.2 Å². The van der Waals surface area contributed by atoms with Gasteiger partial charge in [0.05, 0.1) is 24.4 Å². The van der Waals surface area contributed by atoms with Crippen molar-refractivity contribution in [2.45, 2.75) is 57.7 Å². The topological polar surface area (TPSA) is 65.1 Å². The lowest BCUT2D eigenvalue weighted by Gasteiger charge is -2.32. The molecule has 2 aliphatic rings. The minimum atomic E-state index is 0.155. The van der Waals surface area contributed by atoms with Crippen molar-refractivity contribution in [2.24, 2.45) is 5.73 Å². The first kappa shape index (κ1) is 14.0. The van der Waals surface area contributed by atoms with Gasteiger partial charge in [0.1, 0.15) is 0 Å². The number of hydrogen-bond donors (Lipinski definition) is 2. The predicted octanol–water partition coefficient (Wildman–Crippen LogP) is 1.08. The molecule has 5 nitrogen and oxygen atoms in total. The highest BCUT2D eigenvalue weighted by Gasteiger charge is 2.30. The van der Waals surface area contributed by atoms with Gasteiger partial charge in [-0.25, -0.2) is 0 Å². The van der Waals surface area contributed by atoms with Crippen LogP contribution in [0.3, 0.4) is 0 Å². The van der Waals surface area contributed by atoms with Gasteiger partial charge >= 0.3 is 0 Å². The van der Waals surface area contributed by atoms with Crippen molar-refractivity contribution >= 4 is 0 Å². The highest BCUT2D eigenvalue weighted by Crippen LogP contribution is 2.28. The second kappa shape index (κ2) is 5.84. The molecule has 1 fully saturated rings. The Balaban J connectivity index is 1.70. The molecule has 0 radical (unpaired) electrons. The number of nitrogens with two attached hydrogens (primary N) is 1. The Kier molecular flexibility index (Phi) is 4.10. The van der Waals surface area contributed by atoms with Gasteiger partial charge in [-0.3, -0.25) is 4.68 Å². The van der Waals surface area contributed by atoms with E-state index < -0.39 is 0 Å². The molecule has 0 bridgehead atoms. The molecule has 3 N–H and O–H groups in total. The van der Waals surface area contributed by atoms with Crippen molar-refractivity contribution in [1.82, 2.24) is 15.1 Å². The van der Waals surface area contributed by atoms with Crippen LogP contribution in [0.2, 0.25) is 0 Å². The van der Waals surface area contributed by atoms with Crippen LogP contribution in [0, 0.1) is 13.8 Å². The quantitative estimate of drug-likeness (QED) is 0.868. The monoisotopic (exact) mass is 278 g/mol. The molecule has 0 spiro atoms. The first-order chi connectivity index (χ1) is 9.66. The Morgan fingerprint density at radius 1 is 1.30 bits per heavy atom. The van der Waals surface area contributed by atoms with Crippen molar-refractivity contribution in [2.75, 3.05) is 19.7 Å². The number of aromatic nitrogens is 2. The molecule has 0 saturated carbocycles. The van der Waals surface area contributed by atoms with Crippen molar-refractivity contribution in [3.05, 3.63) is 17.0 Å². The summed E-state index contributed by atoms with van der Waals surface area (Å²) in [6, 6.07) is 0.351. The van der Waals surface area contributed by atoms with Crippen molar-refractivity contribution < 1.29 is 4.74 Å². The third-order valence-corrected chi connectivity index (χ3v) is 4.82. The number of fused-ring (bicyclic) bond motifs is 1. The van der Waals surface area contributed by atoms with Crippen LogP contribution in [0.1, 0.15) is 42.3 Å². The smallest absolute Gasteiger partial charge is 0.0906 e. The normalized spacial score (nSPS) is 27.6. The van der Waals surface area contributed by atoms with Gasteiger partial charge < -0.3 is 15.8 Å². The van der Waals surface area contributed by atoms with Crippen LogP contribution in [0.25, 0.3) is 0 Å². The van der Waals surface area contributed by atoms with E-state index in [1.165, 1.54) is 11.3 Å². The second-order valence-corrected chi connectivity index (χ2v) is 6.15. The Bertz CT molecular complexity index is 465. The van der Waals surface area contributed by atoms with Gasteiger partial charge in [0.2, 0.25) is 0 Å². The van der Waals surface area contributed by atoms with Crippen molar-refractivity contribution in [3.63, 3.8) is 0 Å². The van der Waals surface area contributed by atoms with Crippen molar-refractivity contribution in [1.29, 1.82) is 0 Å². The summed E-state index contributed by atoms with van der Waals surface area (Å²) in [5.41, 5.74) is 10.1. The maximum Gasteiger partial charge on any atom is 0.0906 e. The van der Waals surface area contributed by atoms with E-state index in [-0.39, 0.29) is 12.1 Å². The fourth-order valence-corrected chi connectivity index (χ4v) is 3.32. The van der Waals surface area contributed by atoms with E-state index in [2.05, 4.69) is 23.8 Å². The van der Waals surface area contributed by atoms with Crippen LogP contribution in [-0.4, -0.2) is 41.6 Å². The van der Waals surface area contributed by atoms with E-state index >= 15 is 0 Å². The van der Waals surface area contributed by atoms with Crippen LogP contribution in [0.5, 0.6) is 0 Å². The van der Waals surface area contributed by atoms with Gasteiger partial charge in [0.25, 0.3) is 0 Å². The fourth-order valence-electron chi connectivity index (χ4n) is 3.32. The Morgan fingerprint density at radius 3 is 2.80 bits per heavy atom. The number of aryl methyl sites for hydroxylation is 1. The molecule has 3 rings (SSSR count). The number of ether oxygens (including phenoxy) is 1. The molecule has 20 heavy (non-hydrogen) atoms. The number of nitrogens with zero attached hydrogens (tertiary/aromatic N) is 2. The molecule has 2 aliphatic heterocycles. The second-order valence-electron chi connectivity index (χ2n) is 6.15. The van der Waals surface area contributed by atoms with E-state index in [0.717, 1.165) is 44.5 Å². The largest absolute Gasteiger partial charge is 0.376 e. The molecule has 0 aromatic carbocycles. The number of hydrogen-bond acceptors (Lipinski definition) is 4. The molecule has 2 atom stereocenters. The first-order valence-corrected chi connectivity index (χ1v) is 7.79. The van der Waals surface area contributed by atoms with E-state index in [9.17, 15) is 0 Å². The van der Waals surface area contributed by atoms with Crippen LogP contribution in [-0.2, 0) is 11.2 Å². The lowest BCUT2D eigenvalue weighted by molar-refractivity contribution is 0.00426. The van der Waals surface area contributed by atoms with Crippen molar-refractivity contribution in [3.8, 4) is 0 Å². The molecular weight excluding hydrogens is 252 g/mol. The molecule has 1 aromatic heterocycles. The van der Waals surface area contributed by atoms with Crippen LogP contribution in [0.15, 0.2) is 0 Å². The highest BCUT2D eigenvalue weighted by atomic mass is 16.5. The molecule has 3 heterocycles. The number of piperidine rings is 1. The standard InChI is InChI=1S/C15H26N4O/c1-10-11(2)18-19-14(10)4-3-13(16)15(19)9-20-12-5-7-17-8-6-12/h12-13,15,17H,3-9,16H2,1-2H3. The molecule has 2 unspecified atom stereocenters. The Morgan fingerprint density at radius 2 is 2.05 bits per heavy atom. The summed E-state index contributed by atoms with van der Waals surface area (Å²) in [5.74, 6) is 0. The van der Waals surface area contributed by atoms with E-state index in [4.69, 9.17) is 15.6 Å². The molecule has 0 amide bonds. The molecule has 1 saturated heterocycles. The average molecular weight is 278 g/mol. The summed E-state index contributed by atoms with van der Waals surface area (Å²) >= 11 is 0. The molecule has 1 aromatic rings. The van der Waals surface area contributed by atoms with Crippen LogP contribution < -0.4 is 11.1 Å². The summed E-state index contributed by atoms with van der Waals surface area (Å²) < 4.78 is 8.26. The van der Waals surface area contributed by atoms with Gasteiger partial charge in [0.15, 0.2) is 0 Å². The van der Waals surface area contributed by atoms with Gasteiger partial charge in [-0.1, -0.05) is 0 Å². The predicted molar refractivity (Wildman–Crippen MR) is 78.9 cm³/mol. The molecule has 5 heteroatoms. The number of rotatable bonds is 3. The lowest BCUT2D eigenvalue weighted by atomic mass is 9.96. The minimum absolute atomic E-state index is 0.155. The van der Waals surface area contributed by atoms with E-state index in [1.807, 2.05) is 0 Å². The summed E-state index contributed by atoms with van der Waals surface area (Å²) in [4.78, 5) is 0. The Hall–Kier alpha value is -0.910. The summed E-state index contributed by atoms with van der Waals surface area (Å²) in [7, 11) is 0. The first-order valence-electron chi connectivity index (χ1n) is 7.79. The zero-order valence-corrected chi connectivity index (χ0v) is 12.6. The lowest BCUT2D eigenvalue weighted by Crippen LogP contribution is -2.42. The van der Waals surface area contributed by atoms with E-state index in [0.29, 0.717) is 12.7 Å². The van der Waals surface area contributed by atoms with Crippen LogP contribution >= 0.6 is 0 Å². The summed E-state index contributed by atoms with van der Waals surface area (Å²) in [6.45, 7) is 7.06. The van der Waals surface area contributed by atoms with Crippen LogP contribution in [0.4, 0.5) is 0 Å². The van der Waals surface area contributed by atoms with Gasteiger partial charge in [-0.15, -0.1) is 0 Å². The van der Waals surface area contributed by atoms with E-state index in [1.54, 1.807) is 0 Å².